The van der Waals surface area contributed by atoms with Gasteiger partial charge in [0.15, 0.2) is 5.82 Å². The summed E-state index contributed by atoms with van der Waals surface area (Å²) in [5, 5.41) is 6.26. The number of rotatable bonds is 9. The summed E-state index contributed by atoms with van der Waals surface area (Å²) < 4.78 is 18.0. The third-order valence-electron chi connectivity index (χ3n) is 8.41. The number of allylic oxidation sites excluding steroid dienone is 4. The Morgan fingerprint density at radius 2 is 1.24 bits per heavy atom. The molecule has 0 aliphatic heterocycles. The van der Waals surface area contributed by atoms with Gasteiger partial charge >= 0.3 is 0 Å². The van der Waals surface area contributed by atoms with Crippen LogP contribution in [-0.4, -0.2) is 31.3 Å². The van der Waals surface area contributed by atoms with E-state index in [0.717, 1.165) is 57.1 Å². The van der Waals surface area contributed by atoms with Crippen LogP contribution in [0.25, 0.3) is 49.1 Å². The number of hydrogen-bond acceptors (Lipinski definition) is 8. The molecule has 0 N–H and O–H groups in total. The zero-order valence-electron chi connectivity index (χ0n) is 25.9. The normalized spacial score (nSPS) is 16.1. The summed E-state index contributed by atoms with van der Waals surface area (Å²) in [7, 11) is 5.14. The Balaban J connectivity index is 1.40. The Hall–Kier alpha value is -4.50. The molecule has 0 saturated carbocycles. The first kappa shape index (κ1) is 30.2. The van der Waals surface area contributed by atoms with Crippen LogP contribution in [0.1, 0.15) is 23.9 Å². The van der Waals surface area contributed by atoms with Gasteiger partial charge in [0.2, 0.25) is 0 Å². The predicted octanol–water partition coefficient (Wildman–Crippen LogP) is 10.6. The molecule has 1 atom stereocenters. The number of methoxy groups -OCH3 is 3. The standard InChI is InChI=1S/C38H32N2O3S3/c1-38(16-15-26(22-36(38)43-4)34-10-7-19-46-34)35-23-29(27-13-11-24(20-30(27)41-2)32-8-5-17-44-32)39-37(40-35)28-14-12-25(21-31(28)42-3)33-9-6-18-45-33/h5-15,17-23H,16H2,1-4H3. The lowest BCUT2D eigenvalue weighted by atomic mass is 9.76. The first-order chi connectivity index (χ1) is 22.5. The van der Waals surface area contributed by atoms with Crippen LogP contribution in [0.15, 0.2) is 113 Å². The number of hydrogen-bond donors (Lipinski definition) is 0. The van der Waals surface area contributed by atoms with Crippen LogP contribution < -0.4 is 9.47 Å². The van der Waals surface area contributed by atoms with Gasteiger partial charge in [-0.05, 0) is 101 Å². The molecule has 0 radical (unpaired) electrons. The van der Waals surface area contributed by atoms with Crippen LogP contribution in [0, 0.1) is 0 Å². The van der Waals surface area contributed by atoms with E-state index in [4.69, 9.17) is 24.2 Å². The van der Waals surface area contributed by atoms with Crippen molar-refractivity contribution < 1.29 is 14.2 Å². The zero-order chi connectivity index (χ0) is 31.7. The number of ether oxygens (including phenoxy) is 3. The lowest BCUT2D eigenvalue weighted by Gasteiger charge is -2.33. The third kappa shape index (κ3) is 5.57. The number of aromatic nitrogens is 2. The lowest BCUT2D eigenvalue weighted by Crippen LogP contribution is -2.29. The highest BCUT2D eigenvalue weighted by atomic mass is 32.1. The van der Waals surface area contributed by atoms with Crippen molar-refractivity contribution in [2.45, 2.75) is 18.8 Å². The molecule has 0 spiro atoms. The highest BCUT2D eigenvalue weighted by Gasteiger charge is 2.37. The van der Waals surface area contributed by atoms with E-state index in [1.54, 1.807) is 55.3 Å². The Morgan fingerprint density at radius 3 is 1.80 bits per heavy atom. The van der Waals surface area contributed by atoms with E-state index < -0.39 is 5.41 Å². The smallest absolute Gasteiger partial charge is 0.163 e. The molecule has 2 aromatic carbocycles. The van der Waals surface area contributed by atoms with Gasteiger partial charge in [-0.25, -0.2) is 9.97 Å². The monoisotopic (exact) mass is 660 g/mol. The van der Waals surface area contributed by atoms with Crippen molar-refractivity contribution in [3.63, 3.8) is 0 Å². The van der Waals surface area contributed by atoms with Gasteiger partial charge in [-0.2, -0.15) is 0 Å². The van der Waals surface area contributed by atoms with Crippen molar-refractivity contribution >= 4 is 39.6 Å². The average molecular weight is 661 g/mol. The second kappa shape index (κ2) is 12.7. The minimum absolute atomic E-state index is 0.532. The maximum Gasteiger partial charge on any atom is 0.163 e. The summed E-state index contributed by atoms with van der Waals surface area (Å²) in [6.07, 6.45) is 5.14. The number of thiophene rings is 3. The topological polar surface area (TPSA) is 53.5 Å². The summed E-state index contributed by atoms with van der Waals surface area (Å²) >= 11 is 5.13. The minimum atomic E-state index is -0.532. The second-order valence-corrected chi connectivity index (χ2v) is 14.0. The Labute approximate surface area is 281 Å². The second-order valence-electron chi connectivity index (χ2n) is 11.1. The van der Waals surface area contributed by atoms with E-state index in [2.05, 4.69) is 114 Å². The zero-order valence-corrected chi connectivity index (χ0v) is 28.4. The molecule has 0 saturated heterocycles. The molecular formula is C38H32N2O3S3. The fourth-order valence-corrected chi connectivity index (χ4v) is 8.05. The van der Waals surface area contributed by atoms with Gasteiger partial charge in [0.1, 0.15) is 17.3 Å². The molecule has 230 valence electrons. The lowest BCUT2D eigenvalue weighted by molar-refractivity contribution is 0.223. The first-order valence-corrected chi connectivity index (χ1v) is 17.5. The van der Waals surface area contributed by atoms with Crippen molar-refractivity contribution in [2.24, 2.45) is 0 Å². The van der Waals surface area contributed by atoms with E-state index in [1.807, 2.05) is 0 Å². The van der Waals surface area contributed by atoms with Crippen LogP contribution in [0.5, 0.6) is 11.5 Å². The molecule has 0 amide bonds. The molecule has 46 heavy (non-hydrogen) atoms. The van der Waals surface area contributed by atoms with Crippen LogP contribution in [0.4, 0.5) is 0 Å². The molecule has 5 nitrogen and oxygen atoms in total. The third-order valence-corrected chi connectivity index (χ3v) is 11.2. The summed E-state index contributed by atoms with van der Waals surface area (Å²) in [6, 6.07) is 27.2. The van der Waals surface area contributed by atoms with Gasteiger partial charge in [0.25, 0.3) is 0 Å². The predicted molar refractivity (Wildman–Crippen MR) is 192 cm³/mol. The molecule has 7 rings (SSSR count). The highest BCUT2D eigenvalue weighted by Crippen LogP contribution is 2.45. The maximum atomic E-state index is 6.10. The van der Waals surface area contributed by atoms with Gasteiger partial charge in [0.05, 0.1) is 43.7 Å². The quantitative estimate of drug-likeness (QED) is 0.154. The first-order valence-electron chi connectivity index (χ1n) is 14.8. The van der Waals surface area contributed by atoms with Gasteiger partial charge in [-0.15, -0.1) is 34.0 Å². The molecule has 8 heteroatoms. The van der Waals surface area contributed by atoms with Gasteiger partial charge in [0, 0.05) is 20.2 Å². The molecule has 1 aliphatic rings. The molecule has 4 aromatic heterocycles. The summed E-state index contributed by atoms with van der Waals surface area (Å²) in [6.45, 7) is 2.19. The SMILES string of the molecule is COC1=CC(c2cccs2)=CCC1(C)c1cc(-c2ccc(-c3cccs3)cc2OC)nc(-c2ccc(-c3cccs3)cc2OC)n1. The summed E-state index contributed by atoms with van der Waals surface area (Å²) in [5.74, 6) is 2.90. The van der Waals surface area contributed by atoms with Crippen molar-refractivity contribution in [3.8, 4) is 55.0 Å². The Kier molecular flexibility index (Phi) is 8.34. The van der Waals surface area contributed by atoms with Gasteiger partial charge in [-0.3, -0.25) is 0 Å². The minimum Gasteiger partial charge on any atom is -0.500 e. The molecule has 4 heterocycles. The molecule has 0 bridgehead atoms. The van der Waals surface area contributed by atoms with Crippen molar-refractivity contribution in [1.82, 2.24) is 9.97 Å². The van der Waals surface area contributed by atoms with Crippen LogP contribution >= 0.6 is 34.0 Å². The molecule has 1 unspecified atom stereocenters. The fourth-order valence-electron chi connectivity index (χ4n) is 5.86. The van der Waals surface area contributed by atoms with Crippen molar-refractivity contribution in [3.05, 3.63) is 123 Å². The van der Waals surface area contributed by atoms with Crippen LogP contribution in [-0.2, 0) is 10.2 Å². The average Bonchev–Trinajstić information content (AvgIpc) is 3.92. The van der Waals surface area contributed by atoms with Crippen molar-refractivity contribution in [1.29, 1.82) is 0 Å². The Bertz CT molecular complexity index is 1940. The van der Waals surface area contributed by atoms with E-state index in [-0.39, 0.29) is 0 Å². The summed E-state index contributed by atoms with van der Waals surface area (Å²) in [5.41, 5.74) is 6.15. The number of benzene rings is 2. The van der Waals surface area contributed by atoms with E-state index >= 15 is 0 Å². The van der Waals surface area contributed by atoms with E-state index in [1.165, 1.54) is 14.6 Å². The van der Waals surface area contributed by atoms with E-state index in [9.17, 15) is 0 Å². The molecule has 0 fully saturated rings. The van der Waals surface area contributed by atoms with Crippen molar-refractivity contribution in [2.75, 3.05) is 21.3 Å². The summed E-state index contributed by atoms with van der Waals surface area (Å²) in [4.78, 5) is 14.0. The van der Waals surface area contributed by atoms with Gasteiger partial charge < -0.3 is 14.2 Å². The van der Waals surface area contributed by atoms with Crippen LogP contribution in [0.3, 0.4) is 0 Å². The molecule has 6 aromatic rings. The largest absolute Gasteiger partial charge is 0.500 e. The highest BCUT2D eigenvalue weighted by molar-refractivity contribution is 7.13. The van der Waals surface area contributed by atoms with Crippen LogP contribution in [0.2, 0.25) is 0 Å². The fraction of sp³-hybridized carbons (Fsp3) is 0.158. The molecule has 1 aliphatic carbocycles. The molecular weight excluding hydrogens is 629 g/mol. The van der Waals surface area contributed by atoms with E-state index in [0.29, 0.717) is 11.6 Å². The Morgan fingerprint density at radius 1 is 0.652 bits per heavy atom. The van der Waals surface area contributed by atoms with Gasteiger partial charge in [-0.1, -0.05) is 36.4 Å². The number of nitrogens with zero attached hydrogens (tertiary/aromatic N) is 2. The maximum absolute atomic E-state index is 6.10.